The Balaban J connectivity index is 2.62. The first-order valence-electron chi connectivity index (χ1n) is 3.90. The molecule has 1 aliphatic carbocycles. The molecule has 1 rings (SSSR count). The number of hydrogen-bond acceptors (Lipinski definition) is 1. The van der Waals surface area contributed by atoms with Crippen LogP contribution < -0.4 is 0 Å². The minimum Gasteiger partial charge on any atom is -0.481 e. The Bertz CT molecular complexity index is 209. The van der Waals surface area contributed by atoms with Crippen molar-refractivity contribution in [1.82, 2.24) is 0 Å². The minimum absolute atomic E-state index is 0.109. The molecule has 0 heterocycles. The summed E-state index contributed by atoms with van der Waals surface area (Å²) in [6, 6.07) is 0. The summed E-state index contributed by atoms with van der Waals surface area (Å²) in [6.45, 7) is 1.76. The van der Waals surface area contributed by atoms with Crippen LogP contribution in [0.25, 0.3) is 0 Å². The van der Waals surface area contributed by atoms with Gasteiger partial charge in [0.25, 0.3) is 0 Å². The monoisotopic (exact) mass is 152 g/mol. The third-order valence-electron chi connectivity index (χ3n) is 2.16. The molecule has 2 atom stereocenters. The molecule has 1 fully saturated rings. The van der Waals surface area contributed by atoms with E-state index in [2.05, 4.69) is 11.8 Å². The lowest BCUT2D eigenvalue weighted by atomic mass is 9.97. The topological polar surface area (TPSA) is 37.3 Å². The van der Waals surface area contributed by atoms with E-state index in [4.69, 9.17) is 5.11 Å². The third kappa shape index (κ3) is 1.74. The van der Waals surface area contributed by atoms with E-state index in [-0.39, 0.29) is 11.8 Å². The van der Waals surface area contributed by atoms with Gasteiger partial charge in [0.1, 0.15) is 0 Å². The van der Waals surface area contributed by atoms with Crippen LogP contribution >= 0.6 is 0 Å². The van der Waals surface area contributed by atoms with Gasteiger partial charge in [-0.2, -0.15) is 0 Å². The van der Waals surface area contributed by atoms with Crippen molar-refractivity contribution in [3.63, 3.8) is 0 Å². The van der Waals surface area contributed by atoms with Crippen molar-refractivity contribution in [2.75, 3.05) is 0 Å². The van der Waals surface area contributed by atoms with E-state index in [1.807, 2.05) is 0 Å². The molecule has 0 aromatic heterocycles. The summed E-state index contributed by atoms with van der Waals surface area (Å²) in [5.74, 6) is 4.94. The number of carbonyl (C=O) groups is 1. The first-order chi connectivity index (χ1) is 5.25. The quantitative estimate of drug-likeness (QED) is 0.578. The van der Waals surface area contributed by atoms with Gasteiger partial charge in [-0.3, -0.25) is 4.79 Å². The Labute approximate surface area is 66.6 Å². The Morgan fingerprint density at radius 3 is 2.82 bits per heavy atom. The van der Waals surface area contributed by atoms with E-state index in [1.54, 1.807) is 6.92 Å². The van der Waals surface area contributed by atoms with Crippen LogP contribution in [0.4, 0.5) is 0 Å². The Kier molecular flexibility index (Phi) is 2.53. The predicted octanol–water partition coefficient (Wildman–Crippen LogP) is 1.51. The molecular weight excluding hydrogens is 140 g/mol. The molecule has 60 valence electrons. The number of carboxylic acids is 1. The maximum absolute atomic E-state index is 10.6. The molecule has 2 heteroatoms. The average molecular weight is 152 g/mol. The smallest absolute Gasteiger partial charge is 0.307 e. The molecule has 1 saturated carbocycles. The van der Waals surface area contributed by atoms with Crippen LogP contribution in [0.3, 0.4) is 0 Å². The van der Waals surface area contributed by atoms with Crippen molar-refractivity contribution in [3.8, 4) is 11.8 Å². The Hall–Kier alpha value is -0.970. The second-order valence-corrected chi connectivity index (χ2v) is 2.88. The molecule has 0 bridgehead atoms. The SMILES string of the molecule is CC#CC1CCCC1C(=O)O. The van der Waals surface area contributed by atoms with Gasteiger partial charge in [0.05, 0.1) is 5.92 Å². The van der Waals surface area contributed by atoms with Gasteiger partial charge in [0.2, 0.25) is 0 Å². The van der Waals surface area contributed by atoms with Gasteiger partial charge in [-0.1, -0.05) is 12.3 Å². The molecule has 0 aromatic carbocycles. The van der Waals surface area contributed by atoms with E-state index in [0.717, 1.165) is 19.3 Å². The summed E-state index contributed by atoms with van der Waals surface area (Å²) in [7, 11) is 0. The van der Waals surface area contributed by atoms with Gasteiger partial charge in [-0.25, -0.2) is 0 Å². The van der Waals surface area contributed by atoms with Crippen LogP contribution in [0.2, 0.25) is 0 Å². The van der Waals surface area contributed by atoms with Crippen molar-refractivity contribution in [1.29, 1.82) is 0 Å². The van der Waals surface area contributed by atoms with E-state index in [0.29, 0.717) is 0 Å². The van der Waals surface area contributed by atoms with E-state index in [9.17, 15) is 4.79 Å². The lowest BCUT2D eigenvalue weighted by Crippen LogP contribution is -2.16. The van der Waals surface area contributed by atoms with Gasteiger partial charge in [0, 0.05) is 5.92 Å². The first kappa shape index (κ1) is 8.13. The highest BCUT2D eigenvalue weighted by Gasteiger charge is 2.31. The molecule has 0 aromatic rings. The second kappa shape index (κ2) is 3.43. The predicted molar refractivity (Wildman–Crippen MR) is 41.9 cm³/mol. The zero-order valence-electron chi connectivity index (χ0n) is 6.63. The van der Waals surface area contributed by atoms with E-state index < -0.39 is 5.97 Å². The molecule has 11 heavy (non-hydrogen) atoms. The number of carboxylic acid groups (broad SMARTS) is 1. The molecular formula is C9H12O2. The van der Waals surface area contributed by atoms with Crippen LogP contribution in [0.5, 0.6) is 0 Å². The fraction of sp³-hybridized carbons (Fsp3) is 0.667. The molecule has 2 nitrogen and oxygen atoms in total. The molecule has 0 spiro atoms. The van der Waals surface area contributed by atoms with Gasteiger partial charge < -0.3 is 5.11 Å². The van der Waals surface area contributed by atoms with Crippen LogP contribution in [0.1, 0.15) is 26.2 Å². The van der Waals surface area contributed by atoms with E-state index >= 15 is 0 Å². The summed E-state index contributed by atoms with van der Waals surface area (Å²) in [4.78, 5) is 10.6. The van der Waals surface area contributed by atoms with Gasteiger partial charge in [-0.05, 0) is 19.8 Å². The van der Waals surface area contributed by atoms with E-state index in [1.165, 1.54) is 0 Å². The zero-order chi connectivity index (χ0) is 8.27. The van der Waals surface area contributed by atoms with Crippen LogP contribution in [0, 0.1) is 23.7 Å². The van der Waals surface area contributed by atoms with Gasteiger partial charge >= 0.3 is 5.97 Å². The minimum atomic E-state index is -0.685. The van der Waals surface area contributed by atoms with Crippen molar-refractivity contribution < 1.29 is 9.90 Å². The summed E-state index contributed by atoms with van der Waals surface area (Å²) in [5.41, 5.74) is 0. The Morgan fingerprint density at radius 2 is 2.27 bits per heavy atom. The summed E-state index contributed by atoms with van der Waals surface area (Å²) < 4.78 is 0. The standard InChI is InChI=1S/C9H12O2/c1-2-4-7-5-3-6-8(7)9(10)11/h7-8H,3,5-6H2,1H3,(H,10,11). The third-order valence-corrected chi connectivity index (χ3v) is 2.16. The van der Waals surface area contributed by atoms with Gasteiger partial charge in [-0.15, -0.1) is 5.92 Å². The maximum atomic E-state index is 10.6. The van der Waals surface area contributed by atoms with Crippen molar-refractivity contribution in [2.24, 2.45) is 11.8 Å². The number of rotatable bonds is 1. The fourth-order valence-corrected chi connectivity index (χ4v) is 1.61. The summed E-state index contributed by atoms with van der Waals surface area (Å²) in [5, 5.41) is 8.74. The van der Waals surface area contributed by atoms with Crippen LogP contribution in [-0.4, -0.2) is 11.1 Å². The molecule has 1 N–H and O–H groups in total. The number of aliphatic carboxylic acids is 1. The fourth-order valence-electron chi connectivity index (χ4n) is 1.61. The summed E-state index contributed by atoms with van der Waals surface area (Å²) >= 11 is 0. The maximum Gasteiger partial charge on any atom is 0.307 e. The van der Waals surface area contributed by atoms with Crippen LogP contribution in [-0.2, 0) is 4.79 Å². The largest absolute Gasteiger partial charge is 0.481 e. The summed E-state index contributed by atoms with van der Waals surface area (Å²) in [6.07, 6.45) is 2.77. The van der Waals surface area contributed by atoms with Crippen molar-refractivity contribution in [2.45, 2.75) is 26.2 Å². The average Bonchev–Trinajstić information content (AvgIpc) is 2.36. The lowest BCUT2D eigenvalue weighted by Gasteiger charge is -2.07. The molecule has 2 unspecified atom stereocenters. The molecule has 0 amide bonds. The molecule has 0 aliphatic heterocycles. The highest BCUT2D eigenvalue weighted by molar-refractivity contribution is 5.71. The molecule has 1 aliphatic rings. The zero-order valence-corrected chi connectivity index (χ0v) is 6.63. The van der Waals surface area contributed by atoms with Crippen molar-refractivity contribution >= 4 is 5.97 Å². The van der Waals surface area contributed by atoms with Gasteiger partial charge in [0.15, 0.2) is 0 Å². The number of hydrogen-bond donors (Lipinski definition) is 1. The second-order valence-electron chi connectivity index (χ2n) is 2.88. The van der Waals surface area contributed by atoms with Crippen LogP contribution in [0.15, 0.2) is 0 Å². The molecule has 0 saturated heterocycles. The highest BCUT2D eigenvalue weighted by Crippen LogP contribution is 2.31. The molecule has 0 radical (unpaired) electrons. The lowest BCUT2D eigenvalue weighted by molar-refractivity contribution is -0.142. The van der Waals surface area contributed by atoms with Crippen molar-refractivity contribution in [3.05, 3.63) is 0 Å². The Morgan fingerprint density at radius 1 is 1.55 bits per heavy atom. The normalized spacial score (nSPS) is 29.2. The highest BCUT2D eigenvalue weighted by atomic mass is 16.4. The first-order valence-corrected chi connectivity index (χ1v) is 3.90.